The molecule has 2 saturated carbocycles. The van der Waals surface area contributed by atoms with E-state index in [0.717, 1.165) is 51.4 Å². The van der Waals surface area contributed by atoms with Crippen molar-refractivity contribution in [1.29, 1.82) is 0 Å². The Kier molecular flexibility index (Phi) is 7.72. The molecular formula is C22H30ClFN2O2. The summed E-state index contributed by atoms with van der Waals surface area (Å²) in [6.07, 6.45) is 10.4. The van der Waals surface area contributed by atoms with Gasteiger partial charge in [0.2, 0.25) is 11.8 Å². The quantitative estimate of drug-likeness (QED) is 0.547. The van der Waals surface area contributed by atoms with Gasteiger partial charge in [0.15, 0.2) is 0 Å². The average Bonchev–Trinajstić information content (AvgIpc) is 3.10. The SMILES string of the molecule is O=C(NC1CCCCCC1)[C@@H](c1ccc(F)cc1)N(C(=O)CCl)C1CCCC1. The minimum absolute atomic E-state index is 0.00110. The van der Waals surface area contributed by atoms with Gasteiger partial charge in [-0.25, -0.2) is 4.39 Å². The predicted molar refractivity (Wildman–Crippen MR) is 109 cm³/mol. The Morgan fingerprint density at radius 2 is 1.57 bits per heavy atom. The van der Waals surface area contributed by atoms with E-state index < -0.39 is 6.04 Å². The first-order valence-corrected chi connectivity index (χ1v) is 11.1. The number of alkyl halides is 1. The van der Waals surface area contributed by atoms with Gasteiger partial charge >= 0.3 is 0 Å². The second kappa shape index (κ2) is 10.2. The Balaban J connectivity index is 1.89. The summed E-state index contributed by atoms with van der Waals surface area (Å²) in [5.41, 5.74) is 0.637. The zero-order valence-electron chi connectivity index (χ0n) is 16.3. The van der Waals surface area contributed by atoms with Crippen LogP contribution in [0.4, 0.5) is 4.39 Å². The number of nitrogens with one attached hydrogen (secondary N) is 1. The lowest BCUT2D eigenvalue weighted by atomic mass is 10.00. The van der Waals surface area contributed by atoms with Crippen LogP contribution in [-0.4, -0.2) is 34.7 Å². The topological polar surface area (TPSA) is 49.4 Å². The molecule has 2 fully saturated rings. The molecule has 1 aromatic carbocycles. The van der Waals surface area contributed by atoms with Crippen molar-refractivity contribution in [2.24, 2.45) is 0 Å². The van der Waals surface area contributed by atoms with Gasteiger partial charge in [-0.2, -0.15) is 0 Å². The zero-order chi connectivity index (χ0) is 19.9. The normalized spacial score (nSPS) is 19.8. The van der Waals surface area contributed by atoms with E-state index in [0.29, 0.717) is 5.56 Å². The molecule has 1 aromatic rings. The second-order valence-electron chi connectivity index (χ2n) is 8.02. The van der Waals surface area contributed by atoms with Crippen molar-refractivity contribution < 1.29 is 14.0 Å². The van der Waals surface area contributed by atoms with Crippen molar-refractivity contribution in [3.05, 3.63) is 35.6 Å². The van der Waals surface area contributed by atoms with E-state index in [1.54, 1.807) is 17.0 Å². The Bertz CT molecular complexity index is 653. The summed E-state index contributed by atoms with van der Waals surface area (Å²) in [6, 6.07) is 5.28. The number of hydrogen-bond donors (Lipinski definition) is 1. The van der Waals surface area contributed by atoms with Gasteiger partial charge in [0.05, 0.1) is 0 Å². The standard InChI is InChI=1S/C22H30ClFN2O2/c23-15-20(27)26(19-9-5-6-10-19)21(16-11-13-17(24)14-12-16)22(28)25-18-7-3-1-2-4-8-18/h11-14,18-19,21H,1-10,15H2,(H,25,28)/t21-/m1/s1. The van der Waals surface area contributed by atoms with Crippen LogP contribution in [0.2, 0.25) is 0 Å². The largest absolute Gasteiger partial charge is 0.351 e. The molecule has 0 saturated heterocycles. The Hall–Kier alpha value is -1.62. The van der Waals surface area contributed by atoms with Crippen molar-refractivity contribution in [1.82, 2.24) is 10.2 Å². The van der Waals surface area contributed by atoms with Crippen molar-refractivity contribution in [3.8, 4) is 0 Å². The number of rotatable bonds is 6. The number of halogens is 2. The third-order valence-electron chi connectivity index (χ3n) is 6.03. The van der Waals surface area contributed by atoms with Gasteiger partial charge in [0.25, 0.3) is 0 Å². The van der Waals surface area contributed by atoms with E-state index in [-0.39, 0.29) is 35.6 Å². The minimum atomic E-state index is -0.766. The molecule has 2 aliphatic rings. The molecule has 1 N–H and O–H groups in total. The lowest BCUT2D eigenvalue weighted by molar-refractivity contribution is -0.142. The molecule has 0 spiro atoms. The summed E-state index contributed by atoms with van der Waals surface area (Å²) in [5, 5.41) is 3.19. The van der Waals surface area contributed by atoms with E-state index in [9.17, 15) is 14.0 Å². The van der Waals surface area contributed by atoms with Gasteiger partial charge in [0, 0.05) is 12.1 Å². The van der Waals surface area contributed by atoms with Crippen LogP contribution < -0.4 is 5.32 Å². The van der Waals surface area contributed by atoms with Crippen LogP contribution in [0.1, 0.15) is 75.8 Å². The van der Waals surface area contributed by atoms with E-state index in [1.165, 1.54) is 25.0 Å². The number of carbonyl (C=O) groups excluding carboxylic acids is 2. The maximum atomic E-state index is 13.5. The first-order valence-electron chi connectivity index (χ1n) is 10.5. The van der Waals surface area contributed by atoms with E-state index >= 15 is 0 Å². The molecule has 1 atom stereocenters. The molecule has 0 radical (unpaired) electrons. The summed E-state index contributed by atoms with van der Waals surface area (Å²) in [6.45, 7) is 0. The summed E-state index contributed by atoms with van der Waals surface area (Å²) < 4.78 is 13.5. The molecule has 3 rings (SSSR count). The van der Waals surface area contributed by atoms with Crippen LogP contribution in [0.15, 0.2) is 24.3 Å². The van der Waals surface area contributed by atoms with Crippen molar-refractivity contribution >= 4 is 23.4 Å². The highest BCUT2D eigenvalue weighted by Gasteiger charge is 2.37. The zero-order valence-corrected chi connectivity index (χ0v) is 17.1. The molecule has 0 aromatic heterocycles. The molecule has 0 aliphatic heterocycles. The van der Waals surface area contributed by atoms with Crippen LogP contribution in [0, 0.1) is 5.82 Å². The van der Waals surface area contributed by atoms with Gasteiger partial charge in [-0.05, 0) is 43.4 Å². The number of benzene rings is 1. The first kappa shape index (κ1) is 21.1. The summed E-state index contributed by atoms with van der Waals surface area (Å²) in [4.78, 5) is 27.8. The maximum absolute atomic E-state index is 13.5. The predicted octanol–water partition coefficient (Wildman–Crippen LogP) is 4.72. The van der Waals surface area contributed by atoms with Crippen molar-refractivity contribution in [2.75, 3.05) is 5.88 Å². The molecule has 2 aliphatic carbocycles. The van der Waals surface area contributed by atoms with Crippen molar-refractivity contribution in [3.63, 3.8) is 0 Å². The first-order chi connectivity index (χ1) is 13.6. The van der Waals surface area contributed by atoms with Crippen LogP contribution in [0.25, 0.3) is 0 Å². The number of hydrogen-bond acceptors (Lipinski definition) is 2. The third kappa shape index (κ3) is 5.25. The molecule has 0 bridgehead atoms. The molecule has 2 amide bonds. The molecule has 0 heterocycles. The van der Waals surface area contributed by atoms with Crippen LogP contribution in [0.5, 0.6) is 0 Å². The number of carbonyl (C=O) groups is 2. The molecule has 4 nitrogen and oxygen atoms in total. The number of amides is 2. The highest BCUT2D eigenvalue weighted by Crippen LogP contribution is 2.32. The molecular weight excluding hydrogens is 379 g/mol. The lowest BCUT2D eigenvalue weighted by Crippen LogP contribution is -2.50. The Morgan fingerprint density at radius 3 is 2.14 bits per heavy atom. The smallest absolute Gasteiger partial charge is 0.247 e. The highest BCUT2D eigenvalue weighted by molar-refractivity contribution is 6.27. The van der Waals surface area contributed by atoms with Gasteiger partial charge in [-0.3, -0.25) is 9.59 Å². The fourth-order valence-corrected chi connectivity index (χ4v) is 4.74. The fourth-order valence-electron chi connectivity index (χ4n) is 4.60. The molecule has 6 heteroatoms. The van der Waals surface area contributed by atoms with Gasteiger partial charge in [0.1, 0.15) is 17.7 Å². The third-order valence-corrected chi connectivity index (χ3v) is 6.26. The van der Waals surface area contributed by atoms with Gasteiger partial charge in [-0.1, -0.05) is 50.7 Å². The van der Waals surface area contributed by atoms with E-state index in [2.05, 4.69) is 5.32 Å². The Labute approximate surface area is 171 Å². The highest BCUT2D eigenvalue weighted by atomic mass is 35.5. The van der Waals surface area contributed by atoms with Crippen LogP contribution in [-0.2, 0) is 9.59 Å². The summed E-state index contributed by atoms with van der Waals surface area (Å²) in [7, 11) is 0. The minimum Gasteiger partial charge on any atom is -0.351 e. The average molecular weight is 409 g/mol. The van der Waals surface area contributed by atoms with Gasteiger partial charge < -0.3 is 10.2 Å². The fraction of sp³-hybridized carbons (Fsp3) is 0.636. The summed E-state index contributed by atoms with van der Waals surface area (Å²) >= 11 is 5.92. The second-order valence-corrected chi connectivity index (χ2v) is 8.29. The molecule has 28 heavy (non-hydrogen) atoms. The van der Waals surface area contributed by atoms with Crippen LogP contribution >= 0.6 is 11.6 Å². The van der Waals surface area contributed by atoms with Crippen molar-refractivity contribution in [2.45, 2.75) is 82.3 Å². The monoisotopic (exact) mass is 408 g/mol. The molecule has 154 valence electrons. The Morgan fingerprint density at radius 1 is 1.00 bits per heavy atom. The number of nitrogens with zero attached hydrogens (tertiary/aromatic N) is 1. The summed E-state index contributed by atoms with van der Waals surface area (Å²) in [5.74, 6) is -0.934. The molecule has 0 unspecified atom stereocenters. The van der Waals surface area contributed by atoms with Crippen LogP contribution in [0.3, 0.4) is 0 Å². The van der Waals surface area contributed by atoms with E-state index in [4.69, 9.17) is 11.6 Å². The van der Waals surface area contributed by atoms with Gasteiger partial charge in [-0.15, -0.1) is 11.6 Å². The maximum Gasteiger partial charge on any atom is 0.247 e. The van der Waals surface area contributed by atoms with E-state index in [1.807, 2.05) is 0 Å². The lowest BCUT2D eigenvalue weighted by Gasteiger charge is -2.36.